The lowest BCUT2D eigenvalue weighted by molar-refractivity contribution is -0.116. The number of anilines is 1. The highest BCUT2D eigenvalue weighted by Crippen LogP contribution is 2.46. The van der Waals surface area contributed by atoms with Crippen LogP contribution in [-0.4, -0.2) is 25.5 Å². The number of likely N-dealkylation sites (N-methyl/N-ethyl adjacent to an activating group) is 1. The van der Waals surface area contributed by atoms with Crippen LogP contribution < -0.4 is 10.2 Å². The zero-order valence-electron chi connectivity index (χ0n) is 18.1. The Morgan fingerprint density at radius 3 is 2.60 bits per heavy atom. The maximum Gasteiger partial charge on any atom is 0.243 e. The third-order valence-corrected chi connectivity index (χ3v) is 5.27. The van der Waals surface area contributed by atoms with E-state index >= 15 is 0 Å². The van der Waals surface area contributed by atoms with E-state index in [1.54, 1.807) is 18.2 Å². The first-order valence-electron chi connectivity index (χ1n) is 10.6. The van der Waals surface area contributed by atoms with Crippen LogP contribution in [0.5, 0.6) is 0 Å². The minimum atomic E-state index is -0.157. The van der Waals surface area contributed by atoms with E-state index in [9.17, 15) is 9.18 Å². The summed E-state index contributed by atoms with van der Waals surface area (Å²) in [5.41, 5.74) is 1.69. The van der Waals surface area contributed by atoms with Gasteiger partial charge in [0.1, 0.15) is 5.82 Å². The van der Waals surface area contributed by atoms with Gasteiger partial charge in [-0.05, 0) is 68.4 Å². The van der Waals surface area contributed by atoms with Crippen molar-refractivity contribution in [1.82, 2.24) is 5.32 Å². The molecule has 2 fully saturated rings. The van der Waals surface area contributed by atoms with Gasteiger partial charge in [0.25, 0.3) is 0 Å². The summed E-state index contributed by atoms with van der Waals surface area (Å²) in [5, 5.41) is 3.33. The molecule has 1 aromatic carbocycles. The second-order valence-corrected chi connectivity index (χ2v) is 7.92. The van der Waals surface area contributed by atoms with E-state index < -0.39 is 0 Å². The molecule has 2 atom stereocenters. The fourth-order valence-corrected chi connectivity index (χ4v) is 3.52. The van der Waals surface area contributed by atoms with Crippen molar-refractivity contribution in [3.8, 4) is 0 Å². The molecule has 3 rings (SSSR count). The average Bonchev–Trinajstić information content (AvgIpc) is 3.35. The van der Waals surface area contributed by atoms with Crippen LogP contribution in [0.2, 0.25) is 5.02 Å². The lowest BCUT2D eigenvalue weighted by atomic mass is 10.2. The number of nitrogens with zero attached hydrogens (tertiary/aromatic N) is 1. The first-order chi connectivity index (χ1) is 14.5. The standard InChI is InChI=1S/C14H21NO.C11H11ClFN/c1-4-7-9-13(10-8-5-2)11-12-14(16)15-6-3;12-9-1-2-10(13)11(4-9)14-5-7-3-8(7)6-14/h4,7-12H,5-6H2,1-3H3,(H,15,16);1-2,4,7-8H,3,5-6H2/b7-4-,10-8+,12-11+,13-9+;. The van der Waals surface area contributed by atoms with Gasteiger partial charge in [0.15, 0.2) is 0 Å². The molecule has 1 heterocycles. The van der Waals surface area contributed by atoms with Crippen molar-refractivity contribution in [2.75, 3.05) is 24.5 Å². The highest BCUT2D eigenvalue weighted by molar-refractivity contribution is 6.30. The van der Waals surface area contributed by atoms with Gasteiger partial charge in [-0.2, -0.15) is 0 Å². The number of benzene rings is 1. The predicted molar refractivity (Wildman–Crippen MR) is 125 cm³/mol. The molecule has 1 amide bonds. The van der Waals surface area contributed by atoms with E-state index in [1.165, 1.54) is 12.5 Å². The molecule has 3 nitrogen and oxygen atoms in total. The molecule has 1 saturated carbocycles. The first kappa shape index (κ1) is 23.9. The Bertz CT molecular complexity index is 818. The molecule has 2 aliphatic rings. The summed E-state index contributed by atoms with van der Waals surface area (Å²) < 4.78 is 13.5. The SMILES string of the molecule is C\C=C/C=C(\C=C\CC)/C=C/C(=O)NCC.Fc1ccc(Cl)cc1N1CC2CC2C1. The van der Waals surface area contributed by atoms with Crippen LogP contribution in [0.25, 0.3) is 0 Å². The number of rotatable bonds is 7. The Morgan fingerprint density at radius 1 is 1.23 bits per heavy atom. The van der Waals surface area contributed by atoms with E-state index in [0.29, 0.717) is 17.3 Å². The third kappa shape index (κ3) is 7.83. The van der Waals surface area contributed by atoms with Gasteiger partial charge in [0, 0.05) is 30.7 Å². The van der Waals surface area contributed by atoms with Crippen LogP contribution in [0.15, 0.2) is 66.3 Å². The summed E-state index contributed by atoms with van der Waals surface area (Å²) in [5.74, 6) is 1.41. The molecule has 0 spiro atoms. The second-order valence-electron chi connectivity index (χ2n) is 7.49. The Morgan fingerprint density at radius 2 is 1.97 bits per heavy atom. The van der Waals surface area contributed by atoms with Gasteiger partial charge in [-0.1, -0.05) is 48.9 Å². The minimum absolute atomic E-state index is 0.0567. The molecule has 1 aromatic rings. The molecule has 1 N–H and O–H groups in total. The Labute approximate surface area is 185 Å². The lowest BCUT2D eigenvalue weighted by Crippen LogP contribution is -2.22. The number of halogens is 2. The van der Waals surface area contributed by atoms with Crippen LogP contribution >= 0.6 is 11.6 Å². The van der Waals surface area contributed by atoms with Crippen LogP contribution in [0.1, 0.15) is 33.6 Å². The summed E-state index contributed by atoms with van der Waals surface area (Å²) in [7, 11) is 0. The van der Waals surface area contributed by atoms with E-state index in [1.807, 2.05) is 44.2 Å². The van der Waals surface area contributed by atoms with Gasteiger partial charge in [-0.25, -0.2) is 4.39 Å². The van der Waals surface area contributed by atoms with Crippen LogP contribution in [0.3, 0.4) is 0 Å². The maximum atomic E-state index is 13.5. The molecule has 0 radical (unpaired) electrons. The zero-order chi connectivity index (χ0) is 21.9. The van der Waals surface area contributed by atoms with Gasteiger partial charge < -0.3 is 10.2 Å². The number of hydrogen-bond donors (Lipinski definition) is 1. The molecular formula is C25H32ClFN2O. The summed E-state index contributed by atoms with van der Waals surface area (Å²) in [4.78, 5) is 13.3. The maximum absolute atomic E-state index is 13.5. The zero-order valence-corrected chi connectivity index (χ0v) is 18.8. The minimum Gasteiger partial charge on any atom is -0.369 e. The third-order valence-electron chi connectivity index (χ3n) is 5.03. The molecule has 30 heavy (non-hydrogen) atoms. The fraction of sp³-hybridized carbons (Fsp3) is 0.400. The van der Waals surface area contributed by atoms with Crippen molar-refractivity contribution < 1.29 is 9.18 Å². The first-order valence-corrected chi connectivity index (χ1v) is 11.0. The van der Waals surface area contributed by atoms with Crippen molar-refractivity contribution in [1.29, 1.82) is 0 Å². The monoisotopic (exact) mass is 430 g/mol. The van der Waals surface area contributed by atoms with Crippen molar-refractivity contribution in [2.45, 2.75) is 33.6 Å². The molecule has 0 aromatic heterocycles. The summed E-state index contributed by atoms with van der Waals surface area (Å²) >= 11 is 5.85. The molecule has 2 unspecified atom stereocenters. The summed E-state index contributed by atoms with van der Waals surface area (Å²) in [6, 6.07) is 4.76. The van der Waals surface area contributed by atoms with Gasteiger partial charge in [0.05, 0.1) is 5.69 Å². The molecular weight excluding hydrogens is 399 g/mol. The molecule has 1 aliphatic carbocycles. The Kier molecular flexibility index (Phi) is 9.88. The van der Waals surface area contributed by atoms with E-state index in [2.05, 4.69) is 23.2 Å². The van der Waals surface area contributed by atoms with Crippen LogP contribution in [0.4, 0.5) is 10.1 Å². The number of hydrogen-bond acceptors (Lipinski definition) is 2. The predicted octanol–water partition coefficient (Wildman–Crippen LogP) is 6.08. The molecule has 1 saturated heterocycles. The quantitative estimate of drug-likeness (QED) is 0.419. The van der Waals surface area contributed by atoms with Gasteiger partial charge >= 0.3 is 0 Å². The molecule has 162 valence electrons. The number of amides is 1. The van der Waals surface area contributed by atoms with E-state index in [-0.39, 0.29) is 11.7 Å². The molecule has 0 bridgehead atoms. The fourth-order valence-electron chi connectivity index (χ4n) is 3.36. The highest BCUT2D eigenvalue weighted by atomic mass is 35.5. The van der Waals surface area contributed by atoms with Crippen molar-refractivity contribution in [3.05, 3.63) is 77.1 Å². The van der Waals surface area contributed by atoms with Crippen molar-refractivity contribution >= 4 is 23.2 Å². The summed E-state index contributed by atoms with van der Waals surface area (Å²) in [6.45, 7) is 8.60. The Hall–Kier alpha value is -2.33. The van der Waals surface area contributed by atoms with Crippen LogP contribution in [-0.2, 0) is 4.79 Å². The number of nitrogens with one attached hydrogen (secondary N) is 1. The lowest BCUT2D eigenvalue weighted by Gasteiger charge is -2.20. The molecule has 5 heteroatoms. The topological polar surface area (TPSA) is 32.3 Å². The van der Waals surface area contributed by atoms with E-state index in [4.69, 9.17) is 11.6 Å². The normalized spacial score (nSPS) is 20.6. The van der Waals surface area contributed by atoms with E-state index in [0.717, 1.165) is 36.9 Å². The van der Waals surface area contributed by atoms with Gasteiger partial charge in [-0.15, -0.1) is 0 Å². The smallest absolute Gasteiger partial charge is 0.243 e. The number of carbonyl (C=O) groups excluding carboxylic acids is 1. The van der Waals surface area contributed by atoms with Gasteiger partial charge in [-0.3, -0.25) is 4.79 Å². The largest absolute Gasteiger partial charge is 0.369 e. The number of fused-ring (bicyclic) bond motifs is 1. The number of allylic oxidation sites excluding steroid dienone is 7. The van der Waals surface area contributed by atoms with Crippen molar-refractivity contribution in [3.63, 3.8) is 0 Å². The highest BCUT2D eigenvalue weighted by Gasteiger charge is 2.45. The Balaban J connectivity index is 0.000000214. The van der Waals surface area contributed by atoms with Gasteiger partial charge in [0.2, 0.25) is 5.91 Å². The average molecular weight is 431 g/mol. The molecule has 1 aliphatic heterocycles. The second kappa shape index (κ2) is 12.4. The van der Waals surface area contributed by atoms with Crippen molar-refractivity contribution in [2.24, 2.45) is 11.8 Å². The summed E-state index contributed by atoms with van der Waals surface area (Å²) in [6.07, 6.45) is 15.7. The number of carbonyl (C=O) groups is 1. The van der Waals surface area contributed by atoms with Crippen LogP contribution in [0, 0.1) is 17.7 Å². The number of piperidine rings is 1.